The monoisotopic (exact) mass is 297 g/mol. The van der Waals surface area contributed by atoms with E-state index in [1.54, 1.807) is 4.90 Å². The summed E-state index contributed by atoms with van der Waals surface area (Å²) in [6.45, 7) is 3.70. The Balaban J connectivity index is 1.66. The van der Waals surface area contributed by atoms with Gasteiger partial charge in [0.1, 0.15) is 0 Å². The average molecular weight is 297 g/mol. The van der Waals surface area contributed by atoms with Crippen LogP contribution in [-0.2, 0) is 9.53 Å². The molecule has 2 rings (SSSR count). The molecular weight excluding hydrogens is 270 g/mol. The topological polar surface area (TPSA) is 84.7 Å². The van der Waals surface area contributed by atoms with Crippen LogP contribution in [0.2, 0.25) is 0 Å². The molecule has 6 heteroatoms. The maximum absolute atomic E-state index is 11.9. The number of hydrogen-bond acceptors (Lipinski definition) is 3. The number of nitrogens with two attached hydrogens (primary N) is 1. The summed E-state index contributed by atoms with van der Waals surface area (Å²) in [4.78, 5) is 24.2. The Morgan fingerprint density at radius 3 is 2.24 bits per heavy atom. The van der Waals surface area contributed by atoms with Crippen LogP contribution >= 0.6 is 0 Å². The molecule has 21 heavy (non-hydrogen) atoms. The van der Waals surface area contributed by atoms with Crippen molar-refractivity contribution in [2.24, 2.45) is 11.7 Å². The minimum atomic E-state index is -0.659. The lowest BCUT2D eigenvalue weighted by Gasteiger charge is -2.35. The summed E-state index contributed by atoms with van der Waals surface area (Å²) in [5.74, 6) is 0.765. The molecule has 0 bridgehead atoms. The summed E-state index contributed by atoms with van der Waals surface area (Å²) in [7, 11) is 0. The highest BCUT2D eigenvalue weighted by Crippen LogP contribution is 2.28. The van der Waals surface area contributed by atoms with E-state index in [4.69, 9.17) is 10.5 Å². The SMILES string of the molecule is CC1CCC(OC2CCN(C(=O)CNC(N)=O)CC2)CC1. The fourth-order valence-corrected chi connectivity index (χ4v) is 3.15. The van der Waals surface area contributed by atoms with Crippen LogP contribution in [-0.4, -0.2) is 48.7 Å². The number of ether oxygens (including phenoxy) is 1. The van der Waals surface area contributed by atoms with E-state index in [1.807, 2.05) is 0 Å². The van der Waals surface area contributed by atoms with Crippen LogP contribution < -0.4 is 11.1 Å². The predicted octanol–water partition coefficient (Wildman–Crippen LogP) is 1.24. The number of nitrogens with one attached hydrogen (secondary N) is 1. The van der Waals surface area contributed by atoms with Crippen molar-refractivity contribution in [1.29, 1.82) is 0 Å². The molecular formula is C15H27N3O3. The zero-order valence-corrected chi connectivity index (χ0v) is 12.8. The van der Waals surface area contributed by atoms with Gasteiger partial charge in [-0.2, -0.15) is 0 Å². The molecule has 0 aromatic rings. The Hall–Kier alpha value is -1.30. The van der Waals surface area contributed by atoms with Crippen molar-refractivity contribution < 1.29 is 14.3 Å². The molecule has 0 spiro atoms. The van der Waals surface area contributed by atoms with Gasteiger partial charge in [-0.15, -0.1) is 0 Å². The number of amides is 3. The molecule has 1 heterocycles. The number of rotatable bonds is 4. The van der Waals surface area contributed by atoms with Gasteiger partial charge in [-0.25, -0.2) is 4.79 Å². The second kappa shape index (κ2) is 7.64. The lowest BCUT2D eigenvalue weighted by Crippen LogP contribution is -2.46. The first-order chi connectivity index (χ1) is 10.0. The highest BCUT2D eigenvalue weighted by Gasteiger charge is 2.27. The van der Waals surface area contributed by atoms with E-state index in [9.17, 15) is 9.59 Å². The van der Waals surface area contributed by atoms with Crippen molar-refractivity contribution in [2.75, 3.05) is 19.6 Å². The van der Waals surface area contributed by atoms with Gasteiger partial charge in [-0.3, -0.25) is 4.79 Å². The summed E-state index contributed by atoms with van der Waals surface area (Å²) >= 11 is 0. The van der Waals surface area contributed by atoms with E-state index < -0.39 is 6.03 Å². The number of piperidine rings is 1. The van der Waals surface area contributed by atoms with E-state index in [1.165, 1.54) is 25.7 Å². The third-order valence-electron chi connectivity index (χ3n) is 4.56. The Morgan fingerprint density at radius 2 is 1.67 bits per heavy atom. The maximum Gasteiger partial charge on any atom is 0.312 e. The average Bonchev–Trinajstić information content (AvgIpc) is 2.48. The van der Waals surface area contributed by atoms with Crippen molar-refractivity contribution >= 4 is 11.9 Å². The van der Waals surface area contributed by atoms with Gasteiger partial charge in [-0.1, -0.05) is 6.92 Å². The molecule has 2 aliphatic rings. The molecule has 0 aromatic heterocycles. The molecule has 1 saturated carbocycles. The maximum atomic E-state index is 11.9. The molecule has 2 fully saturated rings. The Bertz CT molecular complexity index is 359. The molecule has 3 N–H and O–H groups in total. The van der Waals surface area contributed by atoms with Crippen molar-refractivity contribution in [3.8, 4) is 0 Å². The summed E-state index contributed by atoms with van der Waals surface area (Å²) in [6.07, 6.45) is 7.32. The Kier molecular flexibility index (Phi) is 5.85. The van der Waals surface area contributed by atoms with E-state index in [0.717, 1.165) is 18.8 Å². The predicted molar refractivity (Wildman–Crippen MR) is 79.7 cm³/mol. The third kappa shape index (κ3) is 5.19. The molecule has 1 aliphatic heterocycles. The van der Waals surface area contributed by atoms with Crippen LogP contribution in [0.3, 0.4) is 0 Å². The quantitative estimate of drug-likeness (QED) is 0.818. The summed E-state index contributed by atoms with van der Waals surface area (Å²) < 4.78 is 6.18. The lowest BCUT2D eigenvalue weighted by molar-refractivity contribution is -0.134. The van der Waals surface area contributed by atoms with E-state index in [0.29, 0.717) is 19.2 Å². The van der Waals surface area contributed by atoms with Gasteiger partial charge in [0.25, 0.3) is 0 Å². The number of urea groups is 1. The minimum Gasteiger partial charge on any atom is -0.375 e. The van der Waals surface area contributed by atoms with Crippen molar-refractivity contribution in [3.63, 3.8) is 0 Å². The van der Waals surface area contributed by atoms with E-state index >= 15 is 0 Å². The number of carbonyl (C=O) groups is 2. The first-order valence-corrected chi connectivity index (χ1v) is 8.01. The van der Waals surface area contributed by atoms with Crippen LogP contribution in [0.4, 0.5) is 4.79 Å². The van der Waals surface area contributed by atoms with Gasteiger partial charge < -0.3 is 20.7 Å². The van der Waals surface area contributed by atoms with Crippen LogP contribution in [0.5, 0.6) is 0 Å². The second-order valence-corrected chi connectivity index (χ2v) is 6.32. The van der Waals surface area contributed by atoms with Crippen molar-refractivity contribution in [1.82, 2.24) is 10.2 Å². The number of nitrogens with zero attached hydrogens (tertiary/aromatic N) is 1. The van der Waals surface area contributed by atoms with Crippen LogP contribution in [0.15, 0.2) is 0 Å². The second-order valence-electron chi connectivity index (χ2n) is 6.32. The molecule has 0 aromatic carbocycles. The molecule has 1 aliphatic carbocycles. The number of primary amides is 1. The Morgan fingerprint density at radius 1 is 1.10 bits per heavy atom. The van der Waals surface area contributed by atoms with E-state index in [2.05, 4.69) is 12.2 Å². The molecule has 1 saturated heterocycles. The smallest absolute Gasteiger partial charge is 0.312 e. The fourth-order valence-electron chi connectivity index (χ4n) is 3.15. The van der Waals surface area contributed by atoms with Crippen molar-refractivity contribution in [3.05, 3.63) is 0 Å². The molecule has 0 unspecified atom stereocenters. The highest BCUT2D eigenvalue weighted by molar-refractivity contribution is 5.83. The summed E-state index contributed by atoms with van der Waals surface area (Å²) in [5, 5.41) is 2.34. The first kappa shape index (κ1) is 16.1. The van der Waals surface area contributed by atoms with Gasteiger partial charge in [0.15, 0.2) is 0 Å². The van der Waals surface area contributed by atoms with Crippen molar-refractivity contribution in [2.45, 2.75) is 57.7 Å². The number of hydrogen-bond donors (Lipinski definition) is 2. The first-order valence-electron chi connectivity index (χ1n) is 8.01. The van der Waals surface area contributed by atoms with Crippen LogP contribution in [0.1, 0.15) is 45.4 Å². The number of likely N-dealkylation sites (tertiary alicyclic amines) is 1. The lowest BCUT2D eigenvalue weighted by atomic mass is 9.88. The van der Waals surface area contributed by atoms with E-state index in [-0.39, 0.29) is 18.6 Å². The molecule has 6 nitrogen and oxygen atoms in total. The summed E-state index contributed by atoms with van der Waals surface area (Å²) in [6, 6.07) is -0.659. The normalized spacial score (nSPS) is 27.4. The van der Waals surface area contributed by atoms with Gasteiger partial charge >= 0.3 is 6.03 Å². The van der Waals surface area contributed by atoms with Crippen LogP contribution in [0, 0.1) is 5.92 Å². The third-order valence-corrected chi connectivity index (χ3v) is 4.56. The van der Waals surface area contributed by atoms with Gasteiger partial charge in [0, 0.05) is 13.1 Å². The highest BCUT2D eigenvalue weighted by atomic mass is 16.5. The zero-order valence-electron chi connectivity index (χ0n) is 12.8. The van der Waals surface area contributed by atoms with Gasteiger partial charge in [-0.05, 0) is 44.4 Å². The Labute approximate surface area is 126 Å². The fraction of sp³-hybridized carbons (Fsp3) is 0.867. The minimum absolute atomic E-state index is 0.0125. The standard InChI is InChI=1S/C15H27N3O3/c1-11-2-4-12(5-3-11)21-13-6-8-18(9-7-13)14(19)10-17-15(16)20/h11-13H,2-10H2,1H3,(H3,16,17,20). The van der Waals surface area contributed by atoms with Gasteiger partial charge in [0.2, 0.25) is 5.91 Å². The molecule has 3 amide bonds. The zero-order chi connectivity index (χ0) is 15.2. The van der Waals surface area contributed by atoms with Gasteiger partial charge in [0.05, 0.1) is 18.8 Å². The van der Waals surface area contributed by atoms with Crippen LogP contribution in [0.25, 0.3) is 0 Å². The molecule has 120 valence electrons. The summed E-state index contributed by atoms with van der Waals surface area (Å²) in [5.41, 5.74) is 4.97. The molecule has 0 radical (unpaired) electrons. The number of carbonyl (C=O) groups excluding carboxylic acids is 2. The molecule has 0 atom stereocenters. The largest absolute Gasteiger partial charge is 0.375 e.